The number of piperidine rings is 1. The highest BCUT2D eigenvalue weighted by Crippen LogP contribution is 2.38. The number of halogens is 4. The average molecular weight is 677 g/mol. The highest BCUT2D eigenvalue weighted by Gasteiger charge is 2.34. The molecule has 5 rings (SSSR count). The van der Waals surface area contributed by atoms with Gasteiger partial charge in [-0.25, -0.2) is 22.5 Å². The number of aryl methyl sites for hydroxylation is 2. The van der Waals surface area contributed by atoms with Gasteiger partial charge in [0.05, 0.1) is 26.5 Å². The summed E-state index contributed by atoms with van der Waals surface area (Å²) in [5.74, 6) is 0.578. The number of benzene rings is 3. The van der Waals surface area contributed by atoms with Gasteiger partial charge in [-0.2, -0.15) is 13.2 Å². The van der Waals surface area contributed by atoms with Gasteiger partial charge < -0.3 is 10.0 Å². The molecule has 1 N–H and O–H groups in total. The van der Waals surface area contributed by atoms with E-state index in [1.807, 2.05) is 0 Å². The first-order valence-electron chi connectivity index (χ1n) is 14.7. The van der Waals surface area contributed by atoms with Crippen LogP contribution in [0.5, 0.6) is 0 Å². The Labute approximate surface area is 269 Å². The molecule has 1 saturated heterocycles. The maximum atomic E-state index is 13.6. The molecule has 3 aromatic carbocycles. The zero-order chi connectivity index (χ0) is 33.2. The molecule has 4 aromatic rings. The molecule has 0 unspecified atom stereocenters. The van der Waals surface area contributed by atoms with Crippen LogP contribution in [0.1, 0.15) is 48.2 Å². The normalized spacial score (nSPS) is 14.2. The number of imidazole rings is 1. The molecule has 0 radical (unpaired) electrons. The Morgan fingerprint density at radius 3 is 2.37 bits per heavy atom. The zero-order valence-electron chi connectivity index (χ0n) is 24.9. The van der Waals surface area contributed by atoms with E-state index in [1.54, 1.807) is 52.8 Å². The molecule has 1 aliphatic rings. The van der Waals surface area contributed by atoms with Crippen LogP contribution in [-0.4, -0.2) is 63.9 Å². The fourth-order valence-electron chi connectivity index (χ4n) is 5.55. The number of hydrogen-bond donors (Lipinski definition) is 1. The fourth-order valence-corrected chi connectivity index (χ4v) is 7.08. The van der Waals surface area contributed by atoms with Crippen molar-refractivity contribution in [2.24, 2.45) is 0 Å². The lowest BCUT2D eigenvalue weighted by Gasteiger charge is -2.26. The highest BCUT2D eigenvalue weighted by atomic mass is 35.5. The van der Waals surface area contributed by atoms with Crippen molar-refractivity contribution in [2.75, 3.05) is 19.6 Å². The van der Waals surface area contributed by atoms with Crippen LogP contribution < -0.4 is 0 Å². The molecule has 1 fully saturated rings. The Balaban J connectivity index is 1.41. The topological polar surface area (TPSA) is 113 Å². The molecular weight excluding hydrogens is 645 g/mol. The summed E-state index contributed by atoms with van der Waals surface area (Å²) >= 11 is 6.08. The minimum atomic E-state index is -4.66. The number of carboxylic acid groups (broad SMARTS) is 1. The average Bonchev–Trinajstić information content (AvgIpc) is 3.34. The Morgan fingerprint density at radius 2 is 1.74 bits per heavy atom. The summed E-state index contributed by atoms with van der Waals surface area (Å²) in [5.41, 5.74) is 1.54. The van der Waals surface area contributed by atoms with Crippen molar-refractivity contribution in [3.63, 3.8) is 0 Å². The molecule has 14 heteroatoms. The van der Waals surface area contributed by atoms with E-state index < -0.39 is 32.9 Å². The Hall–Kier alpha value is -4.10. The van der Waals surface area contributed by atoms with Gasteiger partial charge in [0, 0.05) is 38.2 Å². The molecule has 1 aliphatic heterocycles. The van der Waals surface area contributed by atoms with E-state index in [9.17, 15) is 36.3 Å². The minimum Gasteiger partial charge on any atom is -0.464 e. The van der Waals surface area contributed by atoms with Gasteiger partial charge in [0.1, 0.15) is 5.82 Å². The van der Waals surface area contributed by atoms with E-state index in [0.717, 1.165) is 24.5 Å². The lowest BCUT2D eigenvalue weighted by atomic mass is 10.1. The number of aromatic nitrogens is 2. The van der Waals surface area contributed by atoms with E-state index in [-0.39, 0.29) is 29.3 Å². The first-order chi connectivity index (χ1) is 21.8. The Bertz CT molecular complexity index is 1860. The van der Waals surface area contributed by atoms with Crippen LogP contribution in [-0.2, 0) is 33.8 Å². The summed E-state index contributed by atoms with van der Waals surface area (Å²) in [5, 5.41) is 9.23. The van der Waals surface area contributed by atoms with Crippen LogP contribution in [0.3, 0.4) is 0 Å². The fraction of sp³-hybridized carbons (Fsp3) is 0.344. The van der Waals surface area contributed by atoms with Crippen LogP contribution in [0, 0.1) is 6.92 Å². The summed E-state index contributed by atoms with van der Waals surface area (Å²) in [4.78, 5) is 30.4. The van der Waals surface area contributed by atoms with Crippen LogP contribution in [0.15, 0.2) is 65.6 Å². The molecule has 0 saturated carbocycles. The molecule has 0 aliphatic carbocycles. The molecule has 0 atom stereocenters. The molecule has 1 aromatic heterocycles. The number of nitrogens with zero attached hydrogens (tertiary/aromatic N) is 4. The standard InChI is InChI=1S/C32H32ClF3N4O5S/c1-21-7-13-24(14-8-21)46(44,45)39(31(42)43)18-15-22-9-11-23(12-10-22)40-28-20-26(33)25(32(34,35)36)19-27(28)37-29(40)5-4-17-38-16-3-2-6-30(38)41/h7-14,19-20H,2-6,15-18H2,1H3,(H,42,43). The Kier molecular flexibility index (Phi) is 9.64. The molecule has 0 bridgehead atoms. The second-order valence-corrected chi connectivity index (χ2v) is 13.5. The lowest BCUT2D eigenvalue weighted by molar-refractivity contribution is -0.137. The minimum absolute atomic E-state index is 0.0832. The van der Waals surface area contributed by atoms with Gasteiger partial charge in [-0.15, -0.1) is 0 Å². The molecular formula is C32H32ClF3N4O5S. The van der Waals surface area contributed by atoms with Gasteiger partial charge in [0.15, 0.2) is 0 Å². The predicted molar refractivity (Wildman–Crippen MR) is 167 cm³/mol. The van der Waals surface area contributed by atoms with Gasteiger partial charge in [0.25, 0.3) is 10.0 Å². The van der Waals surface area contributed by atoms with E-state index in [1.165, 1.54) is 18.2 Å². The Morgan fingerprint density at radius 1 is 1.04 bits per heavy atom. The number of hydrogen-bond acceptors (Lipinski definition) is 5. The second kappa shape index (κ2) is 13.3. The van der Waals surface area contributed by atoms with Crippen molar-refractivity contribution in [1.29, 1.82) is 0 Å². The molecule has 2 amide bonds. The van der Waals surface area contributed by atoms with Gasteiger partial charge in [-0.3, -0.25) is 9.36 Å². The van der Waals surface area contributed by atoms with Crippen molar-refractivity contribution >= 4 is 44.7 Å². The summed E-state index contributed by atoms with van der Waals surface area (Å²) in [6.07, 6.45) is -2.96. The van der Waals surface area contributed by atoms with E-state index in [2.05, 4.69) is 4.98 Å². The van der Waals surface area contributed by atoms with E-state index in [0.29, 0.717) is 59.2 Å². The van der Waals surface area contributed by atoms with Crippen molar-refractivity contribution in [2.45, 2.75) is 56.5 Å². The lowest BCUT2D eigenvalue weighted by Crippen LogP contribution is -2.37. The highest BCUT2D eigenvalue weighted by molar-refractivity contribution is 7.89. The van der Waals surface area contributed by atoms with Crippen molar-refractivity contribution in [3.05, 3.63) is 88.2 Å². The third kappa shape index (κ3) is 7.15. The van der Waals surface area contributed by atoms with E-state index in [4.69, 9.17) is 11.6 Å². The van der Waals surface area contributed by atoms with E-state index >= 15 is 0 Å². The number of carbonyl (C=O) groups is 2. The van der Waals surface area contributed by atoms with Crippen LogP contribution in [0.25, 0.3) is 16.7 Å². The van der Waals surface area contributed by atoms with Gasteiger partial charge in [-0.1, -0.05) is 41.4 Å². The number of alkyl halides is 3. The first kappa shape index (κ1) is 33.3. The van der Waals surface area contributed by atoms with Crippen molar-refractivity contribution in [3.8, 4) is 5.69 Å². The largest absolute Gasteiger partial charge is 0.464 e. The third-order valence-corrected chi connectivity index (χ3v) is 10.1. The molecule has 0 spiro atoms. The third-order valence-electron chi connectivity index (χ3n) is 7.99. The van der Waals surface area contributed by atoms with Gasteiger partial charge >= 0.3 is 12.3 Å². The molecule has 2 heterocycles. The van der Waals surface area contributed by atoms with Crippen LogP contribution >= 0.6 is 11.6 Å². The summed E-state index contributed by atoms with van der Waals surface area (Å²) in [6, 6.07) is 14.9. The van der Waals surface area contributed by atoms with Crippen LogP contribution in [0.4, 0.5) is 18.0 Å². The smallest absolute Gasteiger partial charge is 0.421 e. The molecule has 9 nitrogen and oxygen atoms in total. The maximum absolute atomic E-state index is 13.6. The van der Waals surface area contributed by atoms with Gasteiger partial charge in [-0.05, 0) is 74.6 Å². The SMILES string of the molecule is Cc1ccc(S(=O)(=O)N(CCc2ccc(-n3c(CCCN4CCCCC4=O)nc4cc(C(F)(F)F)c(Cl)cc43)cc2)C(=O)O)cc1. The predicted octanol–water partition coefficient (Wildman–Crippen LogP) is 6.86. The van der Waals surface area contributed by atoms with Gasteiger partial charge in [0.2, 0.25) is 5.91 Å². The summed E-state index contributed by atoms with van der Waals surface area (Å²) < 4.78 is 69.1. The molecule has 46 heavy (non-hydrogen) atoms. The first-order valence-corrected chi connectivity index (χ1v) is 16.5. The van der Waals surface area contributed by atoms with Crippen molar-refractivity contribution in [1.82, 2.24) is 18.8 Å². The number of fused-ring (bicyclic) bond motifs is 1. The van der Waals surface area contributed by atoms with Crippen LogP contribution in [0.2, 0.25) is 5.02 Å². The number of amides is 2. The summed E-state index contributed by atoms with van der Waals surface area (Å²) in [7, 11) is -4.30. The zero-order valence-corrected chi connectivity index (χ0v) is 26.5. The number of carbonyl (C=O) groups excluding carboxylic acids is 1. The summed E-state index contributed by atoms with van der Waals surface area (Å²) in [6.45, 7) is 2.64. The number of sulfonamides is 1. The molecule has 244 valence electrons. The monoisotopic (exact) mass is 676 g/mol. The maximum Gasteiger partial charge on any atom is 0.421 e. The number of rotatable bonds is 10. The second-order valence-electron chi connectivity index (χ2n) is 11.2. The number of likely N-dealkylation sites (tertiary alicyclic amines) is 1. The van der Waals surface area contributed by atoms with Crippen molar-refractivity contribution < 1.29 is 36.3 Å². The quantitative estimate of drug-likeness (QED) is 0.196.